The van der Waals surface area contributed by atoms with Crippen LogP contribution in [0.4, 0.5) is 5.69 Å². The van der Waals surface area contributed by atoms with Crippen molar-refractivity contribution in [1.29, 1.82) is 0 Å². The van der Waals surface area contributed by atoms with Crippen LogP contribution in [0.1, 0.15) is 12.5 Å². The zero-order chi connectivity index (χ0) is 21.6. The predicted octanol–water partition coefficient (Wildman–Crippen LogP) is -0.0453. The molecule has 0 unspecified atom stereocenters. The Kier molecular flexibility index (Phi) is 4.76. The molecule has 3 heterocycles. The van der Waals surface area contributed by atoms with Crippen LogP contribution in [0.15, 0.2) is 40.2 Å². The van der Waals surface area contributed by atoms with E-state index in [-0.39, 0.29) is 29.7 Å². The minimum Gasteiger partial charge on any atom is -0.454 e. The molecule has 0 radical (unpaired) electrons. The number of carbonyl (C=O) groups excluding carboxylic acids is 2. The number of fused-ring (bicyclic) bond motifs is 2. The van der Waals surface area contributed by atoms with E-state index >= 15 is 0 Å². The van der Waals surface area contributed by atoms with Gasteiger partial charge < -0.3 is 14.2 Å². The van der Waals surface area contributed by atoms with Crippen molar-refractivity contribution in [2.75, 3.05) is 11.5 Å². The maximum atomic E-state index is 12.7. The molecule has 0 N–H and O–H groups in total. The molecule has 1 aromatic carbocycles. The van der Waals surface area contributed by atoms with Crippen molar-refractivity contribution < 1.29 is 14.3 Å². The number of nitrogens with zero attached hydrogens (tertiary/aromatic N) is 5. The molecule has 0 saturated heterocycles. The third-order valence-electron chi connectivity index (χ3n) is 5.35. The normalized spacial score (nSPS) is 15.4. The van der Waals surface area contributed by atoms with Crippen LogP contribution >= 0.6 is 0 Å². The summed E-state index contributed by atoms with van der Waals surface area (Å²) in [5, 5.41) is 0. The van der Waals surface area contributed by atoms with Crippen molar-refractivity contribution in [3.05, 3.63) is 57.0 Å². The fourth-order valence-electron chi connectivity index (χ4n) is 3.86. The van der Waals surface area contributed by atoms with Gasteiger partial charge in [-0.1, -0.05) is 18.2 Å². The van der Waals surface area contributed by atoms with E-state index in [1.165, 1.54) is 29.6 Å². The van der Waals surface area contributed by atoms with Gasteiger partial charge in [-0.15, -0.1) is 0 Å². The van der Waals surface area contributed by atoms with Crippen LogP contribution in [-0.4, -0.2) is 43.2 Å². The van der Waals surface area contributed by atoms with Gasteiger partial charge in [0.2, 0.25) is 0 Å². The maximum absolute atomic E-state index is 12.7. The molecule has 0 fully saturated rings. The van der Waals surface area contributed by atoms with E-state index in [1.807, 2.05) is 31.2 Å². The summed E-state index contributed by atoms with van der Waals surface area (Å²) in [6.45, 7) is 1.24. The Morgan fingerprint density at radius 2 is 1.90 bits per heavy atom. The molecule has 0 spiro atoms. The van der Waals surface area contributed by atoms with E-state index in [9.17, 15) is 19.2 Å². The summed E-state index contributed by atoms with van der Waals surface area (Å²) < 4.78 is 8.66. The highest BCUT2D eigenvalue weighted by Gasteiger charge is 2.31. The van der Waals surface area contributed by atoms with E-state index in [0.29, 0.717) is 0 Å². The van der Waals surface area contributed by atoms with Crippen molar-refractivity contribution in [3.63, 3.8) is 0 Å². The fraction of sp³-hybridized carbons (Fsp3) is 0.350. The standard InChI is InChI=1S/C20H21N5O5/c1-12-8-13-6-4-5-7-14(13)25(12)15(26)10-30-16(27)9-24-11-21-18-17(24)19(28)23(3)20(29)22(18)2/h4-7,11-12H,8-10H2,1-3H3/t12-/m1/s1. The Balaban J connectivity index is 1.48. The zero-order valence-electron chi connectivity index (χ0n) is 16.9. The molecule has 1 aliphatic rings. The number of esters is 1. The molecule has 1 amide bonds. The van der Waals surface area contributed by atoms with Crippen LogP contribution in [0, 0.1) is 0 Å². The number of amides is 1. The number of aromatic nitrogens is 4. The van der Waals surface area contributed by atoms with E-state index in [4.69, 9.17) is 4.74 Å². The van der Waals surface area contributed by atoms with E-state index < -0.39 is 23.8 Å². The van der Waals surface area contributed by atoms with Gasteiger partial charge in [-0.25, -0.2) is 9.78 Å². The summed E-state index contributed by atoms with van der Waals surface area (Å²) in [7, 11) is 2.85. The van der Waals surface area contributed by atoms with Crippen LogP contribution < -0.4 is 16.1 Å². The zero-order valence-corrected chi connectivity index (χ0v) is 16.9. The fourth-order valence-corrected chi connectivity index (χ4v) is 3.86. The van der Waals surface area contributed by atoms with Crippen molar-refractivity contribution in [3.8, 4) is 0 Å². The first-order valence-corrected chi connectivity index (χ1v) is 9.46. The van der Waals surface area contributed by atoms with Crippen molar-refractivity contribution in [1.82, 2.24) is 18.7 Å². The van der Waals surface area contributed by atoms with Crippen LogP contribution in [0.25, 0.3) is 11.2 Å². The number of carbonyl (C=O) groups is 2. The summed E-state index contributed by atoms with van der Waals surface area (Å²) in [4.78, 5) is 55.1. The summed E-state index contributed by atoms with van der Waals surface area (Å²) in [6, 6.07) is 7.62. The topological polar surface area (TPSA) is 108 Å². The van der Waals surface area contributed by atoms with Gasteiger partial charge in [0, 0.05) is 25.8 Å². The minimum absolute atomic E-state index is 0.0181. The number of hydrogen-bond donors (Lipinski definition) is 0. The lowest BCUT2D eigenvalue weighted by atomic mass is 10.1. The molecule has 10 nitrogen and oxygen atoms in total. The molecule has 1 aliphatic heterocycles. The molecule has 0 saturated carbocycles. The van der Waals surface area contributed by atoms with Gasteiger partial charge in [0.15, 0.2) is 17.8 Å². The summed E-state index contributed by atoms with van der Waals surface area (Å²) in [5.74, 6) is -0.992. The highest BCUT2D eigenvalue weighted by atomic mass is 16.5. The van der Waals surface area contributed by atoms with Crippen molar-refractivity contribution in [2.24, 2.45) is 14.1 Å². The lowest BCUT2D eigenvalue weighted by Crippen LogP contribution is -2.39. The number of anilines is 1. The summed E-state index contributed by atoms with van der Waals surface area (Å²) in [5.41, 5.74) is 1.13. The Morgan fingerprint density at radius 1 is 1.17 bits per heavy atom. The lowest BCUT2D eigenvalue weighted by molar-refractivity contribution is -0.148. The van der Waals surface area contributed by atoms with Gasteiger partial charge in [-0.05, 0) is 25.0 Å². The van der Waals surface area contributed by atoms with Gasteiger partial charge in [-0.2, -0.15) is 0 Å². The number of aryl methyl sites for hydroxylation is 1. The number of hydrogen-bond acceptors (Lipinski definition) is 6. The van der Waals surface area contributed by atoms with Gasteiger partial charge in [0.05, 0.1) is 6.33 Å². The molecule has 4 rings (SSSR count). The largest absolute Gasteiger partial charge is 0.454 e. The minimum atomic E-state index is -0.682. The maximum Gasteiger partial charge on any atom is 0.332 e. The highest BCUT2D eigenvalue weighted by Crippen LogP contribution is 2.31. The summed E-state index contributed by atoms with van der Waals surface area (Å²) in [6.07, 6.45) is 2.05. The van der Waals surface area contributed by atoms with Gasteiger partial charge in [0.1, 0.15) is 6.54 Å². The second-order valence-corrected chi connectivity index (χ2v) is 7.36. The average Bonchev–Trinajstić information content (AvgIpc) is 3.29. The first kappa shape index (κ1) is 19.6. The number of ether oxygens (including phenoxy) is 1. The first-order valence-electron chi connectivity index (χ1n) is 9.46. The van der Waals surface area contributed by atoms with Crippen LogP contribution in [0.3, 0.4) is 0 Å². The number of benzene rings is 1. The van der Waals surface area contributed by atoms with Gasteiger partial charge >= 0.3 is 11.7 Å². The van der Waals surface area contributed by atoms with Crippen molar-refractivity contribution in [2.45, 2.75) is 25.9 Å². The average molecular weight is 411 g/mol. The van der Waals surface area contributed by atoms with Gasteiger partial charge in [-0.3, -0.25) is 23.5 Å². The second kappa shape index (κ2) is 7.29. The van der Waals surface area contributed by atoms with Gasteiger partial charge in [0.25, 0.3) is 11.5 Å². The SMILES string of the molecule is C[C@@H]1Cc2ccccc2N1C(=O)COC(=O)Cn1cnc2c1c(=O)n(C)c(=O)n2C. The molecule has 156 valence electrons. The van der Waals surface area contributed by atoms with Crippen LogP contribution in [0.5, 0.6) is 0 Å². The monoisotopic (exact) mass is 411 g/mol. The van der Waals surface area contributed by atoms with E-state index in [2.05, 4.69) is 4.98 Å². The third kappa shape index (κ3) is 3.10. The molecule has 2 aromatic heterocycles. The molecule has 0 aliphatic carbocycles. The molecular formula is C20H21N5O5. The Bertz CT molecular complexity index is 1280. The quantitative estimate of drug-likeness (QED) is 0.557. The molecule has 30 heavy (non-hydrogen) atoms. The molecule has 3 aromatic rings. The first-order chi connectivity index (χ1) is 14.3. The number of rotatable bonds is 4. The Hall–Kier alpha value is -3.69. The number of para-hydroxylation sites is 1. The van der Waals surface area contributed by atoms with E-state index in [0.717, 1.165) is 22.2 Å². The predicted molar refractivity (Wildman–Crippen MR) is 108 cm³/mol. The Labute approximate surface area is 170 Å². The smallest absolute Gasteiger partial charge is 0.332 e. The van der Waals surface area contributed by atoms with Crippen LogP contribution in [-0.2, 0) is 41.4 Å². The number of imidazole rings is 1. The molecule has 0 bridgehead atoms. The Morgan fingerprint density at radius 3 is 2.67 bits per heavy atom. The lowest BCUT2D eigenvalue weighted by Gasteiger charge is -2.22. The molecule has 10 heteroatoms. The molecular weight excluding hydrogens is 390 g/mol. The third-order valence-corrected chi connectivity index (χ3v) is 5.35. The van der Waals surface area contributed by atoms with E-state index in [1.54, 1.807) is 4.90 Å². The highest BCUT2D eigenvalue weighted by molar-refractivity contribution is 5.97. The second-order valence-electron chi connectivity index (χ2n) is 7.36. The van der Waals surface area contributed by atoms with Crippen LogP contribution in [0.2, 0.25) is 0 Å². The molecule has 1 atom stereocenters. The van der Waals surface area contributed by atoms with Crippen molar-refractivity contribution >= 4 is 28.7 Å². The summed E-state index contributed by atoms with van der Waals surface area (Å²) >= 11 is 0.